The lowest BCUT2D eigenvalue weighted by Gasteiger charge is -2.48. The minimum Gasteiger partial charge on any atom is -0.469 e. The van der Waals surface area contributed by atoms with Gasteiger partial charge in [-0.3, -0.25) is 4.79 Å². The summed E-state index contributed by atoms with van der Waals surface area (Å²) < 4.78 is 45.2. The molecule has 2 saturated heterocycles. The molecule has 3 unspecified atom stereocenters. The van der Waals surface area contributed by atoms with E-state index in [1.165, 1.54) is 32.8 Å². The number of halogens is 1. The SMILES string of the molecule is CCCC1(C(CC=C[C@@H]2[C@@H](CC=CCCCC(=O)OC)[C@H](F)C[C@H]2OC2CCCCO2)OC2CCCCO2)CCC1. The lowest BCUT2D eigenvalue weighted by atomic mass is 9.62. The highest BCUT2D eigenvalue weighted by molar-refractivity contribution is 5.69. The number of hydrogen-bond donors (Lipinski definition) is 0. The first kappa shape index (κ1) is 32.6. The number of carbonyl (C=O) groups excluding carboxylic acids is 1. The zero-order valence-electron chi connectivity index (χ0n) is 25.6. The van der Waals surface area contributed by atoms with Crippen LogP contribution in [-0.2, 0) is 28.5 Å². The molecule has 0 amide bonds. The van der Waals surface area contributed by atoms with Crippen molar-refractivity contribution in [1.82, 2.24) is 0 Å². The highest BCUT2D eigenvalue weighted by Crippen LogP contribution is 2.50. The first-order valence-corrected chi connectivity index (χ1v) is 16.6. The van der Waals surface area contributed by atoms with Crippen LogP contribution in [0.4, 0.5) is 4.39 Å². The Hall–Kier alpha value is -1.28. The molecule has 6 nitrogen and oxygen atoms in total. The zero-order valence-corrected chi connectivity index (χ0v) is 25.6. The molecule has 4 fully saturated rings. The third-order valence-electron chi connectivity index (χ3n) is 9.81. The van der Waals surface area contributed by atoms with Gasteiger partial charge in [0.25, 0.3) is 0 Å². The van der Waals surface area contributed by atoms with Crippen molar-refractivity contribution < 1.29 is 32.9 Å². The van der Waals surface area contributed by atoms with Gasteiger partial charge in [-0.15, -0.1) is 0 Å². The van der Waals surface area contributed by atoms with Gasteiger partial charge in [-0.2, -0.15) is 0 Å². The molecule has 0 aromatic carbocycles. The number of rotatable bonds is 16. The van der Waals surface area contributed by atoms with E-state index in [-0.39, 0.29) is 48.0 Å². The number of esters is 1. The fraction of sp³-hybridized carbons (Fsp3) is 0.853. The maximum absolute atomic E-state index is 15.5. The molecule has 0 bridgehead atoms. The van der Waals surface area contributed by atoms with Crippen molar-refractivity contribution >= 4 is 5.97 Å². The topological polar surface area (TPSA) is 63.2 Å². The normalized spacial score (nSPS) is 32.8. The molecule has 41 heavy (non-hydrogen) atoms. The van der Waals surface area contributed by atoms with Crippen molar-refractivity contribution in [1.29, 1.82) is 0 Å². The molecule has 7 heteroatoms. The fourth-order valence-corrected chi connectivity index (χ4v) is 7.31. The Morgan fingerprint density at radius 1 is 1.02 bits per heavy atom. The van der Waals surface area contributed by atoms with E-state index in [4.69, 9.17) is 23.7 Å². The van der Waals surface area contributed by atoms with E-state index >= 15 is 4.39 Å². The molecular weight excluding hydrogens is 523 g/mol. The molecular formula is C34H55FO6. The highest BCUT2D eigenvalue weighted by Gasteiger charge is 2.46. The Morgan fingerprint density at radius 3 is 2.41 bits per heavy atom. The summed E-state index contributed by atoms with van der Waals surface area (Å²) in [5.74, 6) is -0.329. The van der Waals surface area contributed by atoms with Crippen molar-refractivity contribution in [2.75, 3.05) is 20.3 Å². The third-order valence-corrected chi connectivity index (χ3v) is 9.81. The Morgan fingerprint density at radius 2 is 1.78 bits per heavy atom. The molecule has 234 valence electrons. The molecule has 0 N–H and O–H groups in total. The van der Waals surface area contributed by atoms with Crippen LogP contribution < -0.4 is 0 Å². The van der Waals surface area contributed by atoms with Gasteiger partial charge in [0.1, 0.15) is 6.17 Å². The summed E-state index contributed by atoms with van der Waals surface area (Å²) in [4.78, 5) is 11.4. The van der Waals surface area contributed by atoms with Crippen LogP contribution >= 0.6 is 0 Å². The largest absolute Gasteiger partial charge is 0.469 e. The van der Waals surface area contributed by atoms with Crippen LogP contribution in [0.5, 0.6) is 0 Å². The summed E-state index contributed by atoms with van der Waals surface area (Å²) in [7, 11) is 1.41. The van der Waals surface area contributed by atoms with Gasteiger partial charge in [-0.05, 0) is 88.9 Å². The maximum atomic E-state index is 15.5. The Labute approximate surface area is 247 Å². The van der Waals surface area contributed by atoms with Gasteiger partial charge < -0.3 is 23.7 Å². The predicted octanol–water partition coefficient (Wildman–Crippen LogP) is 7.99. The van der Waals surface area contributed by atoms with Crippen LogP contribution in [0.25, 0.3) is 0 Å². The van der Waals surface area contributed by atoms with Crippen molar-refractivity contribution in [3.8, 4) is 0 Å². The Balaban J connectivity index is 1.42. The number of allylic oxidation sites excluding steroid dienone is 2. The smallest absolute Gasteiger partial charge is 0.305 e. The van der Waals surface area contributed by atoms with Crippen LogP contribution in [0, 0.1) is 17.3 Å². The summed E-state index contributed by atoms with van der Waals surface area (Å²) in [6, 6.07) is 0. The van der Waals surface area contributed by atoms with E-state index in [1.807, 2.05) is 0 Å². The molecule has 4 rings (SSSR count). The second kappa shape index (κ2) is 17.1. The van der Waals surface area contributed by atoms with E-state index in [0.717, 1.165) is 77.4 Å². The van der Waals surface area contributed by atoms with E-state index < -0.39 is 6.17 Å². The molecule has 2 aliphatic heterocycles. The molecule has 0 spiro atoms. The monoisotopic (exact) mass is 578 g/mol. The maximum Gasteiger partial charge on any atom is 0.305 e. The quantitative estimate of drug-likeness (QED) is 0.105. The number of methoxy groups -OCH3 is 1. The summed E-state index contributed by atoms with van der Waals surface area (Å²) >= 11 is 0. The molecule has 2 heterocycles. The van der Waals surface area contributed by atoms with E-state index in [2.05, 4.69) is 31.2 Å². The number of alkyl halides is 1. The average molecular weight is 579 g/mol. The van der Waals surface area contributed by atoms with Crippen molar-refractivity contribution in [3.63, 3.8) is 0 Å². The van der Waals surface area contributed by atoms with Crippen LogP contribution in [-0.4, -0.2) is 57.3 Å². The minimum absolute atomic E-state index is 0.00894. The molecule has 0 aromatic heterocycles. The summed E-state index contributed by atoms with van der Waals surface area (Å²) in [5, 5.41) is 0. The number of hydrogen-bond acceptors (Lipinski definition) is 6. The second-order valence-electron chi connectivity index (χ2n) is 12.7. The second-order valence-corrected chi connectivity index (χ2v) is 12.7. The third kappa shape index (κ3) is 9.61. The first-order valence-electron chi connectivity index (χ1n) is 16.6. The Kier molecular flexibility index (Phi) is 13.6. The van der Waals surface area contributed by atoms with Crippen molar-refractivity contribution in [3.05, 3.63) is 24.3 Å². The van der Waals surface area contributed by atoms with Gasteiger partial charge >= 0.3 is 5.97 Å². The molecule has 2 aliphatic carbocycles. The van der Waals surface area contributed by atoms with Gasteiger partial charge in [0.05, 0.1) is 19.3 Å². The summed E-state index contributed by atoms with van der Waals surface area (Å²) in [5.41, 5.74) is 0.233. The number of ether oxygens (including phenoxy) is 5. The zero-order chi connectivity index (χ0) is 28.9. The van der Waals surface area contributed by atoms with Crippen LogP contribution in [0.2, 0.25) is 0 Å². The average Bonchev–Trinajstić information content (AvgIpc) is 3.26. The molecule has 0 radical (unpaired) electrons. The summed E-state index contributed by atoms with van der Waals surface area (Å²) in [6.07, 6.45) is 23.5. The lowest BCUT2D eigenvalue weighted by molar-refractivity contribution is -0.223. The minimum atomic E-state index is -0.918. The number of carbonyl (C=O) groups is 1. The van der Waals surface area contributed by atoms with Gasteiger partial charge in [-0.25, -0.2) is 4.39 Å². The molecule has 4 aliphatic rings. The van der Waals surface area contributed by atoms with Crippen molar-refractivity contribution in [2.45, 2.75) is 147 Å². The number of unbranched alkanes of at least 4 members (excludes halogenated alkanes) is 1. The highest BCUT2D eigenvalue weighted by atomic mass is 19.1. The lowest BCUT2D eigenvalue weighted by Crippen LogP contribution is -2.45. The molecule has 0 aromatic rings. The van der Waals surface area contributed by atoms with Gasteiger partial charge in [0.15, 0.2) is 12.6 Å². The standard InChI is InChI=1S/C34H55FO6/c1-3-20-34(21-13-22-34)30(41-33-19-9-11-24-39-33)16-12-15-27-26(14-6-4-5-7-17-31(36)37-2)28(35)25-29(27)40-32-18-8-10-23-38-32/h4,6,12,15,26-30,32-33H,3,5,7-11,13-14,16-25H2,1-2H3/t26-,27-,28-,29-,30?,32?,33?/m1/s1. The van der Waals surface area contributed by atoms with E-state index in [9.17, 15) is 4.79 Å². The van der Waals surface area contributed by atoms with Crippen molar-refractivity contribution in [2.24, 2.45) is 17.3 Å². The fourth-order valence-electron chi connectivity index (χ4n) is 7.31. The van der Waals surface area contributed by atoms with Crippen LogP contribution in [0.3, 0.4) is 0 Å². The van der Waals surface area contributed by atoms with Gasteiger partial charge in [0, 0.05) is 37.9 Å². The van der Waals surface area contributed by atoms with E-state index in [0.29, 0.717) is 19.3 Å². The Bertz CT molecular complexity index is 814. The first-order chi connectivity index (χ1) is 20.0. The van der Waals surface area contributed by atoms with Crippen LogP contribution in [0.15, 0.2) is 24.3 Å². The van der Waals surface area contributed by atoms with Gasteiger partial charge in [-0.1, -0.05) is 44.1 Å². The van der Waals surface area contributed by atoms with E-state index in [1.54, 1.807) is 0 Å². The molecule has 7 atom stereocenters. The summed E-state index contributed by atoms with van der Waals surface area (Å²) in [6.45, 7) is 3.78. The van der Waals surface area contributed by atoms with Gasteiger partial charge in [0.2, 0.25) is 0 Å². The molecule has 2 saturated carbocycles. The predicted molar refractivity (Wildman–Crippen MR) is 158 cm³/mol. The van der Waals surface area contributed by atoms with Crippen LogP contribution in [0.1, 0.15) is 116 Å².